The van der Waals surface area contributed by atoms with E-state index >= 15 is 0 Å². The molecule has 0 saturated carbocycles. The summed E-state index contributed by atoms with van der Waals surface area (Å²) in [5.74, 6) is 2.35. The van der Waals surface area contributed by atoms with Crippen molar-refractivity contribution in [2.24, 2.45) is 0 Å². The van der Waals surface area contributed by atoms with Crippen LogP contribution in [0.2, 0.25) is 0 Å². The lowest BCUT2D eigenvalue weighted by Gasteiger charge is -2.21. The van der Waals surface area contributed by atoms with E-state index in [1.54, 1.807) is 0 Å². The first-order chi connectivity index (χ1) is 13.9. The minimum atomic E-state index is -1.67. The number of benzene rings is 3. The summed E-state index contributed by atoms with van der Waals surface area (Å²) < 4.78 is 18.8. The zero-order valence-corrected chi connectivity index (χ0v) is 19.0. The normalized spacial score (nSPS) is 10.9. The van der Waals surface area contributed by atoms with E-state index in [4.69, 9.17) is 13.6 Å². The third-order valence-corrected chi connectivity index (χ3v) is 5.81. The van der Waals surface area contributed by atoms with Gasteiger partial charge in [0.05, 0.1) is 0 Å². The molecule has 4 heteroatoms. The van der Waals surface area contributed by atoms with Gasteiger partial charge in [-0.05, 0) is 75.9 Å². The summed E-state index contributed by atoms with van der Waals surface area (Å²) in [6.07, 6.45) is 0.882. The predicted octanol–water partition coefficient (Wildman–Crippen LogP) is 7.55. The Hall–Kier alpha value is -2.51. The second-order valence-electron chi connectivity index (χ2n) is 7.50. The van der Waals surface area contributed by atoms with Crippen molar-refractivity contribution < 1.29 is 13.6 Å². The average molecular weight is 408 g/mol. The van der Waals surface area contributed by atoms with Crippen LogP contribution in [-0.2, 0) is 6.42 Å². The van der Waals surface area contributed by atoms with Crippen LogP contribution in [0.15, 0.2) is 54.6 Å². The average Bonchev–Trinajstić information content (AvgIpc) is 2.67. The Balaban J connectivity index is 1.92. The van der Waals surface area contributed by atoms with E-state index < -0.39 is 8.60 Å². The second-order valence-corrected chi connectivity index (χ2v) is 8.50. The summed E-state index contributed by atoms with van der Waals surface area (Å²) >= 11 is 0. The Morgan fingerprint density at radius 3 is 1.45 bits per heavy atom. The highest BCUT2D eigenvalue weighted by molar-refractivity contribution is 7.43. The molecule has 3 aromatic rings. The third kappa shape index (κ3) is 5.52. The molecule has 29 heavy (non-hydrogen) atoms. The molecule has 0 unspecified atom stereocenters. The molecule has 0 bridgehead atoms. The van der Waals surface area contributed by atoms with Crippen LogP contribution in [0.25, 0.3) is 0 Å². The van der Waals surface area contributed by atoms with Gasteiger partial charge in [-0.3, -0.25) is 0 Å². The van der Waals surface area contributed by atoms with E-state index in [1.807, 2.05) is 44.2 Å². The van der Waals surface area contributed by atoms with E-state index in [9.17, 15) is 0 Å². The molecule has 3 nitrogen and oxygen atoms in total. The van der Waals surface area contributed by atoms with Crippen molar-refractivity contribution in [2.45, 2.75) is 48.0 Å². The van der Waals surface area contributed by atoms with Crippen molar-refractivity contribution in [1.82, 2.24) is 0 Å². The van der Waals surface area contributed by atoms with Crippen LogP contribution in [0.4, 0.5) is 0 Å². The SMILES string of the molecule is CCc1cc(C)ccc1OP(Oc1ccc(C)cc1C)Oc1ccc(C)cc1C. The molecule has 0 fully saturated rings. The molecule has 0 amide bonds. The van der Waals surface area contributed by atoms with Crippen molar-refractivity contribution in [3.8, 4) is 17.2 Å². The molecular weight excluding hydrogens is 379 g/mol. The van der Waals surface area contributed by atoms with Gasteiger partial charge in [-0.1, -0.05) is 60.0 Å². The quantitative estimate of drug-likeness (QED) is 0.378. The fourth-order valence-electron chi connectivity index (χ4n) is 3.17. The second kappa shape index (κ2) is 9.33. The van der Waals surface area contributed by atoms with Gasteiger partial charge in [0, 0.05) is 0 Å². The van der Waals surface area contributed by atoms with Gasteiger partial charge in [-0.25, -0.2) is 0 Å². The Labute approximate surface area is 175 Å². The van der Waals surface area contributed by atoms with Crippen LogP contribution in [-0.4, -0.2) is 0 Å². The molecule has 0 aliphatic heterocycles. The van der Waals surface area contributed by atoms with Gasteiger partial charge in [-0.2, -0.15) is 0 Å². The molecule has 152 valence electrons. The highest BCUT2D eigenvalue weighted by atomic mass is 31.2. The first kappa shape index (κ1) is 21.2. The summed E-state index contributed by atoms with van der Waals surface area (Å²) in [5, 5.41) is 0. The van der Waals surface area contributed by atoms with Gasteiger partial charge < -0.3 is 13.6 Å². The Kier molecular flexibility index (Phi) is 6.82. The maximum Gasteiger partial charge on any atom is 0.530 e. The van der Waals surface area contributed by atoms with E-state index in [1.165, 1.54) is 16.7 Å². The molecule has 0 saturated heterocycles. The maximum absolute atomic E-state index is 6.29. The van der Waals surface area contributed by atoms with Crippen LogP contribution in [0, 0.1) is 34.6 Å². The molecule has 0 aromatic heterocycles. The molecule has 0 aliphatic rings. The van der Waals surface area contributed by atoms with Crippen molar-refractivity contribution in [3.63, 3.8) is 0 Å². The van der Waals surface area contributed by atoms with Crippen molar-refractivity contribution in [1.29, 1.82) is 0 Å². The number of aryl methyl sites for hydroxylation is 6. The fraction of sp³-hybridized carbons (Fsp3) is 0.280. The van der Waals surface area contributed by atoms with Gasteiger partial charge >= 0.3 is 8.60 Å². The zero-order valence-electron chi connectivity index (χ0n) is 18.1. The zero-order chi connectivity index (χ0) is 21.0. The van der Waals surface area contributed by atoms with E-state index in [-0.39, 0.29) is 0 Å². The highest BCUT2D eigenvalue weighted by Crippen LogP contribution is 2.45. The van der Waals surface area contributed by atoms with Crippen LogP contribution < -0.4 is 13.6 Å². The number of hydrogen-bond donors (Lipinski definition) is 0. The van der Waals surface area contributed by atoms with Crippen LogP contribution in [0.1, 0.15) is 40.3 Å². The summed E-state index contributed by atoms with van der Waals surface area (Å²) in [4.78, 5) is 0. The lowest BCUT2D eigenvalue weighted by atomic mass is 10.1. The largest absolute Gasteiger partial charge is 0.530 e. The predicted molar refractivity (Wildman–Crippen MR) is 121 cm³/mol. The van der Waals surface area contributed by atoms with Gasteiger partial charge in [0.1, 0.15) is 17.2 Å². The van der Waals surface area contributed by atoms with Crippen molar-refractivity contribution >= 4 is 8.60 Å². The topological polar surface area (TPSA) is 27.7 Å². The van der Waals surface area contributed by atoms with E-state index in [2.05, 4.69) is 52.0 Å². The van der Waals surface area contributed by atoms with Gasteiger partial charge in [0.15, 0.2) is 0 Å². The molecule has 0 spiro atoms. The summed E-state index contributed by atoms with van der Waals surface area (Å²) in [6, 6.07) is 18.4. The Morgan fingerprint density at radius 1 is 0.586 bits per heavy atom. The Morgan fingerprint density at radius 2 is 1.00 bits per heavy atom. The molecule has 0 aliphatic carbocycles. The van der Waals surface area contributed by atoms with Gasteiger partial charge in [0.25, 0.3) is 0 Å². The minimum Gasteiger partial charge on any atom is -0.408 e. The smallest absolute Gasteiger partial charge is 0.408 e. The Bertz CT molecular complexity index is 944. The summed E-state index contributed by atoms with van der Waals surface area (Å²) in [5.41, 5.74) is 6.87. The van der Waals surface area contributed by atoms with Gasteiger partial charge in [0.2, 0.25) is 0 Å². The fourth-order valence-corrected chi connectivity index (χ4v) is 4.36. The van der Waals surface area contributed by atoms with Gasteiger partial charge in [-0.15, -0.1) is 0 Å². The molecule has 0 atom stereocenters. The van der Waals surface area contributed by atoms with Crippen molar-refractivity contribution in [3.05, 3.63) is 88.0 Å². The summed E-state index contributed by atoms with van der Waals surface area (Å²) in [6.45, 7) is 12.4. The minimum absolute atomic E-state index is 0.775. The van der Waals surface area contributed by atoms with E-state index in [0.717, 1.165) is 40.4 Å². The number of rotatable bonds is 7. The highest BCUT2D eigenvalue weighted by Gasteiger charge is 2.23. The molecule has 3 rings (SSSR count). The van der Waals surface area contributed by atoms with Crippen molar-refractivity contribution in [2.75, 3.05) is 0 Å². The van der Waals surface area contributed by atoms with Crippen LogP contribution in [0.3, 0.4) is 0 Å². The third-order valence-electron chi connectivity index (χ3n) is 4.78. The standard InChI is InChI=1S/C25H29O3P/c1-7-22-16-19(4)10-13-25(22)28-29(26-23-11-8-17(2)14-20(23)5)27-24-12-9-18(3)15-21(24)6/h8-16H,7H2,1-6H3. The first-order valence-electron chi connectivity index (χ1n) is 9.93. The first-order valence-corrected chi connectivity index (χ1v) is 11.0. The van der Waals surface area contributed by atoms with E-state index in [0.29, 0.717) is 0 Å². The lowest BCUT2D eigenvalue weighted by Crippen LogP contribution is -2.05. The maximum atomic E-state index is 6.29. The lowest BCUT2D eigenvalue weighted by molar-refractivity contribution is 0.384. The molecule has 0 radical (unpaired) electrons. The van der Waals surface area contributed by atoms with Crippen LogP contribution in [0.5, 0.6) is 17.2 Å². The molecular formula is C25H29O3P. The monoisotopic (exact) mass is 408 g/mol. The molecule has 3 aromatic carbocycles. The molecule has 0 N–H and O–H groups in total. The summed E-state index contributed by atoms with van der Waals surface area (Å²) in [7, 11) is -1.67. The number of hydrogen-bond acceptors (Lipinski definition) is 3. The van der Waals surface area contributed by atoms with Crippen LogP contribution >= 0.6 is 8.60 Å². The molecule has 0 heterocycles.